The molecule has 1 amide bonds. The van der Waals surface area contributed by atoms with Crippen LogP contribution in [0.1, 0.15) is 0 Å². The van der Waals surface area contributed by atoms with Crippen molar-refractivity contribution in [2.24, 2.45) is 0 Å². The molecule has 0 aliphatic rings. The molecule has 0 saturated carbocycles. The first-order valence-corrected chi connectivity index (χ1v) is 7.75. The number of hydrogen-bond acceptors (Lipinski definition) is 3. The van der Waals surface area contributed by atoms with Crippen molar-refractivity contribution in [2.75, 3.05) is 19.5 Å². The highest BCUT2D eigenvalue weighted by atomic mass is 35.5. The molecule has 0 fully saturated rings. The van der Waals surface area contributed by atoms with Gasteiger partial charge in [0, 0.05) is 34.4 Å². The van der Waals surface area contributed by atoms with E-state index < -0.39 is 0 Å². The zero-order valence-corrected chi connectivity index (χ0v) is 14.1. The summed E-state index contributed by atoms with van der Waals surface area (Å²) in [7, 11) is 3.21. The van der Waals surface area contributed by atoms with Gasteiger partial charge in [-0.1, -0.05) is 17.7 Å². The highest BCUT2D eigenvalue weighted by Crippen LogP contribution is 2.31. The van der Waals surface area contributed by atoms with Crippen LogP contribution < -0.4 is 14.8 Å². The van der Waals surface area contributed by atoms with Gasteiger partial charge in [0.15, 0.2) is 0 Å². The molecule has 0 bridgehead atoms. The third kappa shape index (κ3) is 3.31. The van der Waals surface area contributed by atoms with Gasteiger partial charge >= 0.3 is 0 Å². The minimum Gasteiger partial charge on any atom is -0.497 e. The third-order valence-corrected chi connectivity index (χ3v) is 3.94. The van der Waals surface area contributed by atoms with Gasteiger partial charge in [-0.2, -0.15) is 0 Å². The van der Waals surface area contributed by atoms with E-state index >= 15 is 0 Å². The normalized spacial score (nSPS) is 10.6. The van der Waals surface area contributed by atoms with Gasteiger partial charge in [0.1, 0.15) is 18.0 Å². The molecule has 6 heteroatoms. The fourth-order valence-corrected chi connectivity index (χ4v) is 2.77. The summed E-state index contributed by atoms with van der Waals surface area (Å²) in [5.74, 6) is 1.24. The van der Waals surface area contributed by atoms with E-state index in [2.05, 4.69) is 5.32 Å². The van der Waals surface area contributed by atoms with E-state index in [0.717, 1.165) is 10.9 Å². The van der Waals surface area contributed by atoms with Crippen LogP contribution in [0.2, 0.25) is 5.02 Å². The molecule has 5 nitrogen and oxygen atoms in total. The van der Waals surface area contributed by atoms with Gasteiger partial charge in [0.05, 0.1) is 19.7 Å². The van der Waals surface area contributed by atoms with Gasteiger partial charge in [-0.05, 0) is 24.3 Å². The third-order valence-electron chi connectivity index (χ3n) is 3.70. The minimum absolute atomic E-state index is 0.142. The Morgan fingerprint density at radius 1 is 1.17 bits per heavy atom. The Kier molecular flexibility index (Phi) is 4.62. The molecule has 0 unspecified atom stereocenters. The number of carbonyl (C=O) groups is 1. The van der Waals surface area contributed by atoms with Crippen LogP contribution in [0.15, 0.2) is 48.7 Å². The lowest BCUT2D eigenvalue weighted by Crippen LogP contribution is -2.18. The largest absolute Gasteiger partial charge is 0.497 e. The number of fused-ring (bicyclic) bond motifs is 1. The molecule has 0 aliphatic carbocycles. The van der Waals surface area contributed by atoms with Crippen LogP contribution in [0, 0.1) is 0 Å². The average molecular weight is 345 g/mol. The Morgan fingerprint density at radius 2 is 2.00 bits per heavy atom. The first-order valence-electron chi connectivity index (χ1n) is 7.37. The quantitative estimate of drug-likeness (QED) is 0.762. The van der Waals surface area contributed by atoms with E-state index in [1.807, 2.05) is 29.0 Å². The molecule has 0 spiro atoms. The van der Waals surface area contributed by atoms with Crippen LogP contribution in [-0.4, -0.2) is 24.7 Å². The number of aromatic nitrogens is 1. The Labute approximate surface area is 144 Å². The van der Waals surface area contributed by atoms with Crippen molar-refractivity contribution in [3.63, 3.8) is 0 Å². The number of benzene rings is 2. The van der Waals surface area contributed by atoms with Crippen LogP contribution >= 0.6 is 11.6 Å². The SMILES string of the molecule is COc1cc(OC)c2ccn(CC(=O)Nc3cccc(Cl)c3)c2c1. The van der Waals surface area contributed by atoms with E-state index in [1.165, 1.54) is 0 Å². The van der Waals surface area contributed by atoms with Crippen molar-refractivity contribution in [1.29, 1.82) is 0 Å². The van der Waals surface area contributed by atoms with Gasteiger partial charge < -0.3 is 19.4 Å². The fraction of sp³-hybridized carbons (Fsp3) is 0.167. The smallest absolute Gasteiger partial charge is 0.244 e. The molecule has 1 heterocycles. The number of nitrogens with one attached hydrogen (secondary N) is 1. The molecule has 124 valence electrons. The van der Waals surface area contributed by atoms with E-state index in [9.17, 15) is 4.79 Å². The number of carbonyl (C=O) groups excluding carboxylic acids is 1. The van der Waals surface area contributed by atoms with Gasteiger partial charge in [-0.15, -0.1) is 0 Å². The maximum Gasteiger partial charge on any atom is 0.244 e. The number of methoxy groups -OCH3 is 2. The van der Waals surface area contributed by atoms with Crippen LogP contribution in [0.4, 0.5) is 5.69 Å². The summed E-state index contributed by atoms with van der Waals surface area (Å²) in [6.07, 6.45) is 1.85. The summed E-state index contributed by atoms with van der Waals surface area (Å²) in [5, 5.41) is 4.34. The van der Waals surface area contributed by atoms with Gasteiger partial charge in [-0.25, -0.2) is 0 Å². The van der Waals surface area contributed by atoms with E-state index in [-0.39, 0.29) is 12.5 Å². The minimum atomic E-state index is -0.142. The molecule has 2 aromatic carbocycles. The molecule has 0 saturated heterocycles. The number of ether oxygens (including phenoxy) is 2. The van der Waals surface area contributed by atoms with Gasteiger partial charge in [0.25, 0.3) is 0 Å². The molecule has 0 radical (unpaired) electrons. The molecule has 1 N–H and O–H groups in total. The first-order chi connectivity index (χ1) is 11.6. The van der Waals surface area contributed by atoms with E-state index in [4.69, 9.17) is 21.1 Å². The number of halogens is 1. The number of rotatable bonds is 5. The van der Waals surface area contributed by atoms with E-state index in [1.54, 1.807) is 38.5 Å². The van der Waals surface area contributed by atoms with Gasteiger partial charge in [0.2, 0.25) is 5.91 Å². The Bertz CT molecular complexity index is 889. The predicted octanol–water partition coefficient (Wildman–Crippen LogP) is 3.95. The Morgan fingerprint density at radius 3 is 2.71 bits per heavy atom. The molecular weight excluding hydrogens is 328 g/mol. The van der Waals surface area contributed by atoms with Crippen LogP contribution in [0.25, 0.3) is 10.9 Å². The van der Waals surface area contributed by atoms with E-state index in [0.29, 0.717) is 22.2 Å². The maximum absolute atomic E-state index is 12.3. The van der Waals surface area contributed by atoms with Crippen molar-refractivity contribution in [1.82, 2.24) is 4.57 Å². The second-order valence-electron chi connectivity index (χ2n) is 5.26. The zero-order valence-electron chi connectivity index (χ0n) is 13.4. The van der Waals surface area contributed by atoms with Crippen LogP contribution in [-0.2, 0) is 11.3 Å². The summed E-state index contributed by atoms with van der Waals surface area (Å²) < 4.78 is 12.5. The van der Waals surface area contributed by atoms with Crippen LogP contribution in [0.5, 0.6) is 11.5 Å². The number of anilines is 1. The molecule has 0 aliphatic heterocycles. The molecule has 0 atom stereocenters. The van der Waals surface area contributed by atoms with Crippen molar-refractivity contribution < 1.29 is 14.3 Å². The second-order valence-corrected chi connectivity index (χ2v) is 5.70. The standard InChI is InChI=1S/C18H17ClN2O3/c1-23-14-9-16-15(17(10-14)24-2)6-7-21(16)11-18(22)20-13-5-3-4-12(19)8-13/h3-10H,11H2,1-2H3,(H,20,22). The lowest BCUT2D eigenvalue weighted by atomic mass is 10.2. The fourth-order valence-electron chi connectivity index (χ4n) is 2.58. The highest BCUT2D eigenvalue weighted by Gasteiger charge is 2.12. The Hall–Kier alpha value is -2.66. The average Bonchev–Trinajstić information content (AvgIpc) is 2.96. The highest BCUT2D eigenvalue weighted by molar-refractivity contribution is 6.30. The zero-order chi connectivity index (χ0) is 17.1. The Balaban J connectivity index is 1.85. The summed E-state index contributed by atoms with van der Waals surface area (Å²) in [6.45, 7) is 0.173. The van der Waals surface area contributed by atoms with Crippen molar-refractivity contribution in [3.05, 3.63) is 53.7 Å². The topological polar surface area (TPSA) is 52.5 Å². The van der Waals surface area contributed by atoms with Gasteiger partial charge in [-0.3, -0.25) is 4.79 Å². The number of nitrogens with zero attached hydrogens (tertiary/aromatic N) is 1. The molecule has 3 rings (SSSR count). The number of hydrogen-bond donors (Lipinski definition) is 1. The van der Waals surface area contributed by atoms with Crippen molar-refractivity contribution in [3.8, 4) is 11.5 Å². The van der Waals surface area contributed by atoms with Crippen molar-refractivity contribution in [2.45, 2.75) is 6.54 Å². The van der Waals surface area contributed by atoms with Crippen molar-refractivity contribution >= 4 is 34.1 Å². The first kappa shape index (κ1) is 16.2. The lowest BCUT2D eigenvalue weighted by molar-refractivity contribution is -0.116. The summed E-state index contributed by atoms with van der Waals surface area (Å²) in [6, 6.07) is 12.7. The molecule has 1 aromatic heterocycles. The lowest BCUT2D eigenvalue weighted by Gasteiger charge is -2.10. The second kappa shape index (κ2) is 6.84. The predicted molar refractivity (Wildman–Crippen MR) is 95.1 cm³/mol. The monoisotopic (exact) mass is 344 g/mol. The summed E-state index contributed by atoms with van der Waals surface area (Å²) >= 11 is 5.93. The summed E-state index contributed by atoms with van der Waals surface area (Å²) in [4.78, 5) is 12.3. The number of amides is 1. The summed E-state index contributed by atoms with van der Waals surface area (Å²) in [5.41, 5.74) is 1.53. The molecular formula is C18H17ClN2O3. The van der Waals surface area contributed by atoms with Crippen LogP contribution in [0.3, 0.4) is 0 Å². The molecule has 24 heavy (non-hydrogen) atoms. The molecule has 3 aromatic rings. The maximum atomic E-state index is 12.3.